The summed E-state index contributed by atoms with van der Waals surface area (Å²) in [4.78, 5) is 22.0. The highest BCUT2D eigenvalue weighted by Gasteiger charge is 2.24. The van der Waals surface area contributed by atoms with Gasteiger partial charge in [-0.1, -0.05) is 0 Å². The molecule has 19 heavy (non-hydrogen) atoms. The molecule has 5 nitrogen and oxygen atoms in total. The SMILES string of the molecule is COC(=O)CCCC1CCC(CCCC(=O)OC)O1. The Morgan fingerprint density at radius 2 is 1.37 bits per heavy atom. The summed E-state index contributed by atoms with van der Waals surface area (Å²) in [6.07, 6.45) is 6.96. The van der Waals surface area contributed by atoms with Gasteiger partial charge in [-0.15, -0.1) is 0 Å². The van der Waals surface area contributed by atoms with Crippen LogP contribution in [0.2, 0.25) is 0 Å². The third-order valence-electron chi connectivity index (χ3n) is 3.46. The molecule has 1 saturated heterocycles. The Balaban J connectivity index is 2.06. The van der Waals surface area contributed by atoms with Crippen LogP contribution in [0.25, 0.3) is 0 Å². The molecule has 0 radical (unpaired) electrons. The predicted octanol–water partition coefficient (Wildman–Crippen LogP) is 2.22. The minimum Gasteiger partial charge on any atom is -0.469 e. The fraction of sp³-hybridized carbons (Fsp3) is 0.857. The van der Waals surface area contributed by atoms with Crippen LogP contribution < -0.4 is 0 Å². The van der Waals surface area contributed by atoms with Gasteiger partial charge in [0.05, 0.1) is 26.4 Å². The first-order valence-corrected chi connectivity index (χ1v) is 6.94. The topological polar surface area (TPSA) is 61.8 Å². The molecule has 0 N–H and O–H groups in total. The molecule has 0 aromatic rings. The number of hydrogen-bond donors (Lipinski definition) is 0. The fourth-order valence-corrected chi connectivity index (χ4v) is 2.36. The maximum Gasteiger partial charge on any atom is 0.305 e. The van der Waals surface area contributed by atoms with Crippen molar-refractivity contribution in [1.29, 1.82) is 0 Å². The monoisotopic (exact) mass is 272 g/mol. The van der Waals surface area contributed by atoms with Gasteiger partial charge in [0.2, 0.25) is 0 Å². The molecule has 1 aliphatic rings. The zero-order valence-corrected chi connectivity index (χ0v) is 11.9. The standard InChI is InChI=1S/C14H24O5/c1-17-13(15)7-3-5-11-9-10-12(19-11)6-4-8-14(16)18-2/h11-12H,3-10H2,1-2H3. The van der Waals surface area contributed by atoms with Crippen LogP contribution >= 0.6 is 0 Å². The van der Waals surface area contributed by atoms with Crippen molar-refractivity contribution in [2.45, 2.75) is 63.6 Å². The first-order valence-electron chi connectivity index (χ1n) is 6.94. The highest BCUT2D eigenvalue weighted by molar-refractivity contribution is 5.69. The molecule has 1 fully saturated rings. The molecule has 0 amide bonds. The van der Waals surface area contributed by atoms with Crippen LogP contribution in [0.5, 0.6) is 0 Å². The predicted molar refractivity (Wildman–Crippen MR) is 69.6 cm³/mol. The molecular formula is C14H24O5. The highest BCUT2D eigenvalue weighted by Crippen LogP contribution is 2.26. The van der Waals surface area contributed by atoms with Crippen molar-refractivity contribution < 1.29 is 23.8 Å². The van der Waals surface area contributed by atoms with Crippen molar-refractivity contribution in [3.8, 4) is 0 Å². The molecule has 2 unspecified atom stereocenters. The zero-order chi connectivity index (χ0) is 14.1. The van der Waals surface area contributed by atoms with Crippen LogP contribution in [-0.4, -0.2) is 38.4 Å². The lowest BCUT2D eigenvalue weighted by atomic mass is 10.1. The van der Waals surface area contributed by atoms with E-state index in [1.165, 1.54) is 14.2 Å². The Morgan fingerprint density at radius 3 is 1.74 bits per heavy atom. The molecular weight excluding hydrogens is 248 g/mol. The summed E-state index contributed by atoms with van der Waals surface area (Å²) in [6.45, 7) is 0. The molecule has 1 aliphatic heterocycles. The molecule has 1 heterocycles. The molecule has 0 saturated carbocycles. The van der Waals surface area contributed by atoms with Crippen LogP contribution in [-0.2, 0) is 23.8 Å². The Bertz CT molecular complexity index is 262. The fourth-order valence-electron chi connectivity index (χ4n) is 2.36. The quantitative estimate of drug-likeness (QED) is 0.634. The smallest absolute Gasteiger partial charge is 0.305 e. The Labute approximate surface area is 114 Å². The first kappa shape index (κ1) is 16.0. The maximum atomic E-state index is 11.0. The number of ether oxygens (including phenoxy) is 3. The highest BCUT2D eigenvalue weighted by atomic mass is 16.5. The zero-order valence-electron chi connectivity index (χ0n) is 11.9. The van der Waals surface area contributed by atoms with E-state index in [2.05, 4.69) is 9.47 Å². The lowest BCUT2D eigenvalue weighted by Crippen LogP contribution is -2.12. The van der Waals surface area contributed by atoms with E-state index in [0.717, 1.165) is 38.5 Å². The van der Waals surface area contributed by atoms with Gasteiger partial charge in [0.15, 0.2) is 0 Å². The Hall–Kier alpha value is -1.10. The van der Waals surface area contributed by atoms with Crippen LogP contribution in [0, 0.1) is 0 Å². The van der Waals surface area contributed by atoms with Gasteiger partial charge in [-0.05, 0) is 38.5 Å². The summed E-state index contributed by atoms with van der Waals surface area (Å²) in [7, 11) is 2.82. The second kappa shape index (κ2) is 8.91. The third-order valence-corrected chi connectivity index (χ3v) is 3.46. The van der Waals surface area contributed by atoms with Gasteiger partial charge < -0.3 is 14.2 Å². The van der Waals surface area contributed by atoms with Gasteiger partial charge >= 0.3 is 11.9 Å². The molecule has 0 spiro atoms. The van der Waals surface area contributed by atoms with Crippen molar-refractivity contribution in [3.05, 3.63) is 0 Å². The number of carbonyl (C=O) groups is 2. The number of hydrogen-bond acceptors (Lipinski definition) is 5. The number of methoxy groups -OCH3 is 2. The molecule has 0 aromatic heterocycles. The van der Waals surface area contributed by atoms with Gasteiger partial charge in [0, 0.05) is 12.8 Å². The van der Waals surface area contributed by atoms with Gasteiger partial charge in [-0.3, -0.25) is 9.59 Å². The van der Waals surface area contributed by atoms with E-state index in [1.54, 1.807) is 0 Å². The molecule has 5 heteroatoms. The third kappa shape index (κ3) is 6.57. The summed E-state index contributed by atoms with van der Waals surface area (Å²) in [6, 6.07) is 0. The average Bonchev–Trinajstić information content (AvgIpc) is 2.86. The van der Waals surface area contributed by atoms with E-state index in [4.69, 9.17) is 4.74 Å². The van der Waals surface area contributed by atoms with Crippen LogP contribution in [0.3, 0.4) is 0 Å². The van der Waals surface area contributed by atoms with Gasteiger partial charge in [-0.2, -0.15) is 0 Å². The van der Waals surface area contributed by atoms with E-state index in [-0.39, 0.29) is 24.1 Å². The summed E-state index contributed by atoms with van der Waals surface area (Å²) in [5, 5.41) is 0. The van der Waals surface area contributed by atoms with E-state index < -0.39 is 0 Å². The molecule has 0 aromatic carbocycles. The molecule has 2 atom stereocenters. The second-order valence-corrected chi connectivity index (χ2v) is 4.89. The van der Waals surface area contributed by atoms with Gasteiger partial charge in [-0.25, -0.2) is 0 Å². The summed E-state index contributed by atoms with van der Waals surface area (Å²) in [5.74, 6) is -0.319. The Morgan fingerprint density at radius 1 is 0.947 bits per heavy atom. The normalized spacial score (nSPS) is 22.2. The maximum absolute atomic E-state index is 11.0. The summed E-state index contributed by atoms with van der Waals surface area (Å²) >= 11 is 0. The summed E-state index contributed by atoms with van der Waals surface area (Å²) in [5.41, 5.74) is 0. The van der Waals surface area contributed by atoms with Crippen molar-refractivity contribution in [2.75, 3.05) is 14.2 Å². The lowest BCUT2D eigenvalue weighted by molar-refractivity contribution is -0.141. The van der Waals surface area contributed by atoms with Crippen molar-refractivity contribution in [1.82, 2.24) is 0 Å². The number of rotatable bonds is 8. The van der Waals surface area contributed by atoms with Crippen molar-refractivity contribution in [3.63, 3.8) is 0 Å². The van der Waals surface area contributed by atoms with Gasteiger partial charge in [0.1, 0.15) is 0 Å². The molecule has 110 valence electrons. The van der Waals surface area contributed by atoms with E-state index in [1.807, 2.05) is 0 Å². The largest absolute Gasteiger partial charge is 0.469 e. The van der Waals surface area contributed by atoms with Crippen molar-refractivity contribution in [2.24, 2.45) is 0 Å². The van der Waals surface area contributed by atoms with Gasteiger partial charge in [0.25, 0.3) is 0 Å². The Kier molecular flexibility index (Phi) is 7.48. The van der Waals surface area contributed by atoms with E-state index >= 15 is 0 Å². The van der Waals surface area contributed by atoms with Crippen LogP contribution in [0.4, 0.5) is 0 Å². The molecule has 1 rings (SSSR count). The first-order chi connectivity index (χ1) is 9.15. The number of carbonyl (C=O) groups excluding carboxylic acids is 2. The van der Waals surface area contributed by atoms with Crippen LogP contribution in [0.1, 0.15) is 51.4 Å². The number of esters is 2. The second-order valence-electron chi connectivity index (χ2n) is 4.89. The van der Waals surface area contributed by atoms with E-state index in [0.29, 0.717) is 12.8 Å². The van der Waals surface area contributed by atoms with Crippen LogP contribution in [0.15, 0.2) is 0 Å². The minimum absolute atomic E-state index is 0.160. The molecule has 0 bridgehead atoms. The van der Waals surface area contributed by atoms with E-state index in [9.17, 15) is 9.59 Å². The minimum atomic E-state index is -0.160. The van der Waals surface area contributed by atoms with Crippen molar-refractivity contribution >= 4 is 11.9 Å². The molecule has 0 aliphatic carbocycles. The average molecular weight is 272 g/mol. The lowest BCUT2D eigenvalue weighted by Gasteiger charge is -2.13. The summed E-state index contributed by atoms with van der Waals surface area (Å²) < 4.78 is 15.1.